The van der Waals surface area contributed by atoms with E-state index in [0.29, 0.717) is 11.8 Å². The summed E-state index contributed by atoms with van der Waals surface area (Å²) in [4.78, 5) is 17.3. The van der Waals surface area contributed by atoms with Crippen molar-refractivity contribution >= 4 is 34.3 Å². The molecular formula is C19H15F6N3O2S. The highest BCUT2D eigenvalue weighted by Gasteiger charge is 2.38. The Labute approximate surface area is 177 Å². The molecule has 1 aliphatic rings. The number of aliphatic carboxylic acids is 1. The lowest BCUT2D eigenvalue weighted by Gasteiger charge is -2.38. The van der Waals surface area contributed by atoms with Crippen LogP contribution in [0.4, 0.5) is 37.7 Å². The number of carbonyl (C=O) groups is 1. The van der Waals surface area contributed by atoms with Crippen LogP contribution in [0.3, 0.4) is 0 Å². The van der Waals surface area contributed by atoms with Gasteiger partial charge in [0.25, 0.3) is 0 Å². The number of nitrogens with zero attached hydrogens (tertiary/aromatic N) is 3. The fraction of sp³-hybridized carbons (Fsp3) is 0.263. The molecule has 0 spiro atoms. The number of rotatable bonds is 4. The number of benzene rings is 2. The number of amidine groups is 1. The second-order valence-electron chi connectivity index (χ2n) is 6.40. The normalized spacial score (nSPS) is 15.1. The van der Waals surface area contributed by atoms with E-state index in [9.17, 15) is 31.1 Å². The van der Waals surface area contributed by atoms with Gasteiger partial charge in [0.05, 0.1) is 34.9 Å². The number of alkyl halides is 6. The molecule has 0 atom stereocenters. The van der Waals surface area contributed by atoms with E-state index in [1.165, 1.54) is 41.3 Å². The molecule has 0 radical (unpaired) electrons. The van der Waals surface area contributed by atoms with E-state index in [1.807, 2.05) is 0 Å². The average Bonchev–Trinajstić information content (AvgIpc) is 2.71. The van der Waals surface area contributed by atoms with Crippen molar-refractivity contribution in [3.8, 4) is 0 Å². The van der Waals surface area contributed by atoms with Gasteiger partial charge in [0.2, 0.25) is 0 Å². The highest BCUT2D eigenvalue weighted by Crippen LogP contribution is 2.40. The van der Waals surface area contributed by atoms with Gasteiger partial charge in [-0.25, -0.2) is 4.99 Å². The van der Waals surface area contributed by atoms with E-state index in [4.69, 9.17) is 5.11 Å². The summed E-state index contributed by atoms with van der Waals surface area (Å²) in [6.07, 6.45) is -9.40. The molecule has 0 aliphatic carbocycles. The molecular weight excluding hydrogens is 448 g/mol. The molecule has 5 nitrogen and oxygen atoms in total. The van der Waals surface area contributed by atoms with Gasteiger partial charge in [-0.2, -0.15) is 26.3 Å². The van der Waals surface area contributed by atoms with Crippen LogP contribution in [0.15, 0.2) is 53.5 Å². The van der Waals surface area contributed by atoms with Crippen molar-refractivity contribution in [2.45, 2.75) is 12.4 Å². The number of carboxylic acids is 1. The van der Waals surface area contributed by atoms with Crippen molar-refractivity contribution < 1.29 is 36.2 Å². The molecule has 0 bridgehead atoms. The molecule has 0 unspecified atom stereocenters. The van der Waals surface area contributed by atoms with Gasteiger partial charge in [0, 0.05) is 0 Å². The van der Waals surface area contributed by atoms with Gasteiger partial charge in [0.1, 0.15) is 6.67 Å². The summed E-state index contributed by atoms with van der Waals surface area (Å²) in [6, 6.07) is 9.24. The highest BCUT2D eigenvalue weighted by atomic mass is 32.2. The van der Waals surface area contributed by atoms with Gasteiger partial charge < -0.3 is 14.9 Å². The molecule has 31 heavy (non-hydrogen) atoms. The zero-order chi connectivity index (χ0) is 22.8. The zero-order valence-electron chi connectivity index (χ0n) is 15.6. The zero-order valence-corrected chi connectivity index (χ0v) is 16.4. The molecule has 0 saturated heterocycles. The molecule has 2 aromatic carbocycles. The Bertz CT molecular complexity index is 993. The van der Waals surface area contributed by atoms with E-state index < -0.39 is 35.2 Å². The second kappa shape index (κ2) is 8.69. The third-order valence-electron chi connectivity index (χ3n) is 4.29. The van der Waals surface area contributed by atoms with Gasteiger partial charge in [-0.3, -0.25) is 4.79 Å². The molecule has 0 amide bonds. The van der Waals surface area contributed by atoms with Crippen molar-refractivity contribution in [3.63, 3.8) is 0 Å². The van der Waals surface area contributed by atoms with Crippen molar-refractivity contribution in [3.05, 3.63) is 59.7 Å². The van der Waals surface area contributed by atoms with E-state index in [0.717, 1.165) is 17.0 Å². The number of hydrogen-bond donors (Lipinski definition) is 1. The third kappa shape index (κ3) is 5.24. The first kappa shape index (κ1) is 22.8. The van der Waals surface area contributed by atoms with Crippen LogP contribution >= 0.6 is 11.8 Å². The molecule has 0 saturated carbocycles. The molecule has 3 rings (SSSR count). The molecule has 1 heterocycles. The van der Waals surface area contributed by atoms with Gasteiger partial charge in [-0.05, 0) is 24.3 Å². The SMILES string of the molecule is O=C(O)CSC1=NCN(c2ccccc2C(F)(F)F)CN1c1ccccc1C(F)(F)F. The molecule has 166 valence electrons. The number of hydrogen-bond acceptors (Lipinski definition) is 5. The predicted octanol–water partition coefficient (Wildman–Crippen LogP) is 5.14. The summed E-state index contributed by atoms with van der Waals surface area (Å²) in [5.41, 5.74) is -2.53. The average molecular weight is 463 g/mol. The lowest BCUT2D eigenvalue weighted by atomic mass is 10.1. The van der Waals surface area contributed by atoms with E-state index in [1.54, 1.807) is 0 Å². The van der Waals surface area contributed by atoms with E-state index in [2.05, 4.69) is 4.99 Å². The largest absolute Gasteiger partial charge is 0.481 e. The van der Waals surface area contributed by atoms with Crippen LogP contribution in [0.5, 0.6) is 0 Å². The van der Waals surface area contributed by atoms with E-state index in [-0.39, 0.29) is 29.9 Å². The molecule has 12 heteroatoms. The first-order chi connectivity index (χ1) is 14.5. The summed E-state index contributed by atoms with van der Waals surface area (Å²) >= 11 is 0.695. The van der Waals surface area contributed by atoms with Gasteiger partial charge >= 0.3 is 18.3 Å². The van der Waals surface area contributed by atoms with Crippen LogP contribution < -0.4 is 9.80 Å². The number of thioether (sulfide) groups is 1. The Kier molecular flexibility index (Phi) is 6.39. The Morgan fingerprint density at radius 1 is 0.935 bits per heavy atom. The number of aliphatic imine (C=N–C) groups is 1. The van der Waals surface area contributed by atoms with Gasteiger partial charge in [-0.15, -0.1) is 0 Å². The number of halogens is 6. The van der Waals surface area contributed by atoms with Crippen molar-refractivity contribution in [1.82, 2.24) is 0 Å². The minimum atomic E-state index is -4.73. The Hall–Kier alpha value is -2.89. The van der Waals surface area contributed by atoms with Crippen LogP contribution in [0.25, 0.3) is 0 Å². The maximum absolute atomic E-state index is 13.6. The smallest absolute Gasteiger partial charge is 0.418 e. The summed E-state index contributed by atoms with van der Waals surface area (Å²) in [5, 5.41) is 8.90. The first-order valence-corrected chi connectivity index (χ1v) is 9.71. The highest BCUT2D eigenvalue weighted by molar-refractivity contribution is 8.14. The minimum absolute atomic E-state index is 0.0279. The maximum Gasteiger partial charge on any atom is 0.418 e. The number of anilines is 2. The summed E-state index contributed by atoms with van der Waals surface area (Å²) < 4.78 is 81.0. The lowest BCUT2D eigenvalue weighted by molar-refractivity contribution is -0.137. The van der Waals surface area contributed by atoms with Crippen LogP contribution in [0.2, 0.25) is 0 Å². The molecule has 1 N–H and O–H groups in total. The number of para-hydroxylation sites is 2. The Morgan fingerprint density at radius 3 is 2.00 bits per heavy atom. The standard InChI is InChI=1S/C19H15F6N3O2S/c20-18(21,22)12-5-1-3-7-14(12)27-10-26-17(31-9-16(29)30)28(11-27)15-8-4-2-6-13(15)19(23,24)25/h1-8H,9-11H2,(H,29,30). The quantitative estimate of drug-likeness (QED) is 0.637. The monoisotopic (exact) mass is 463 g/mol. The number of carboxylic acid groups (broad SMARTS) is 1. The predicted molar refractivity (Wildman–Crippen MR) is 105 cm³/mol. The van der Waals surface area contributed by atoms with Crippen LogP contribution in [0.1, 0.15) is 11.1 Å². The summed E-state index contributed by atoms with van der Waals surface area (Å²) in [7, 11) is 0. The fourth-order valence-electron chi connectivity index (χ4n) is 3.03. The molecule has 0 fully saturated rings. The first-order valence-electron chi connectivity index (χ1n) is 8.72. The third-order valence-corrected chi connectivity index (χ3v) is 5.29. The molecule has 0 aromatic heterocycles. The van der Waals surface area contributed by atoms with Crippen molar-refractivity contribution in [2.24, 2.45) is 4.99 Å². The summed E-state index contributed by atoms with van der Waals surface area (Å²) in [5.74, 6) is -1.68. The Balaban J connectivity index is 2.06. The minimum Gasteiger partial charge on any atom is -0.481 e. The van der Waals surface area contributed by atoms with E-state index >= 15 is 0 Å². The molecule has 2 aromatic rings. The topological polar surface area (TPSA) is 56.1 Å². The Morgan fingerprint density at radius 2 is 1.45 bits per heavy atom. The van der Waals surface area contributed by atoms with Gasteiger partial charge in [-0.1, -0.05) is 36.0 Å². The van der Waals surface area contributed by atoms with Crippen LogP contribution in [-0.4, -0.2) is 35.3 Å². The fourth-order valence-corrected chi connectivity index (χ4v) is 3.74. The second-order valence-corrected chi connectivity index (χ2v) is 7.35. The van der Waals surface area contributed by atoms with Crippen LogP contribution in [0, 0.1) is 0 Å². The van der Waals surface area contributed by atoms with Crippen LogP contribution in [-0.2, 0) is 17.1 Å². The van der Waals surface area contributed by atoms with Gasteiger partial charge in [0.15, 0.2) is 5.17 Å². The lowest BCUT2D eigenvalue weighted by Crippen LogP contribution is -2.47. The maximum atomic E-state index is 13.6. The van der Waals surface area contributed by atoms with Crippen molar-refractivity contribution in [1.29, 1.82) is 0 Å². The van der Waals surface area contributed by atoms with Crippen molar-refractivity contribution in [2.75, 3.05) is 28.9 Å². The molecule has 1 aliphatic heterocycles. The summed E-state index contributed by atoms with van der Waals surface area (Å²) in [6.45, 7) is -0.661.